The van der Waals surface area contributed by atoms with Gasteiger partial charge in [-0.3, -0.25) is 0 Å². The second-order valence-corrected chi connectivity index (χ2v) is 4.20. The first-order valence-corrected chi connectivity index (χ1v) is 6.16. The molecule has 1 heterocycles. The summed E-state index contributed by atoms with van der Waals surface area (Å²) in [4.78, 5) is 0. The number of hydrogen-bond donors (Lipinski definition) is 1. The molecule has 2 rings (SSSR count). The first-order valence-electron chi connectivity index (χ1n) is 6.16. The third kappa shape index (κ3) is 2.71. The molecule has 2 heteroatoms. The smallest absolute Gasteiger partial charge is 0.0684 e. The second kappa shape index (κ2) is 5.72. The van der Waals surface area contributed by atoms with Crippen LogP contribution < -0.4 is 5.32 Å². The van der Waals surface area contributed by atoms with Gasteiger partial charge in [0.1, 0.15) is 0 Å². The van der Waals surface area contributed by atoms with Crippen LogP contribution in [0.15, 0.2) is 0 Å². The van der Waals surface area contributed by atoms with Crippen molar-refractivity contribution in [3.63, 3.8) is 0 Å². The average Bonchev–Trinajstić information content (AvgIpc) is 2.71. The highest BCUT2D eigenvalue weighted by Crippen LogP contribution is 2.39. The van der Waals surface area contributed by atoms with Crippen molar-refractivity contribution in [2.45, 2.75) is 64.0 Å². The molecule has 0 aromatic rings. The minimum absolute atomic E-state index is 0.313. The van der Waals surface area contributed by atoms with Crippen molar-refractivity contribution in [3.8, 4) is 0 Å². The fraction of sp³-hybridized carbons (Fsp3) is 1.00. The summed E-state index contributed by atoms with van der Waals surface area (Å²) in [5.41, 5.74) is 0.313. The van der Waals surface area contributed by atoms with E-state index in [0.717, 1.165) is 12.6 Å². The van der Waals surface area contributed by atoms with E-state index in [4.69, 9.17) is 4.74 Å². The van der Waals surface area contributed by atoms with Gasteiger partial charge in [0.2, 0.25) is 0 Å². The van der Waals surface area contributed by atoms with Gasteiger partial charge in [-0.2, -0.15) is 0 Å². The summed E-state index contributed by atoms with van der Waals surface area (Å²) >= 11 is 0. The van der Waals surface area contributed by atoms with E-state index in [-0.39, 0.29) is 0 Å². The first-order chi connectivity index (χ1) is 6.85. The molecule has 0 amide bonds. The summed E-state index contributed by atoms with van der Waals surface area (Å²) < 4.78 is 5.85. The maximum Gasteiger partial charge on any atom is 0.0684 e. The van der Waals surface area contributed by atoms with Gasteiger partial charge in [0.15, 0.2) is 0 Å². The Balaban J connectivity index is 0.000000461. The molecule has 0 aromatic carbocycles. The SMILES string of the molecule is CC.CNC1CCC2(CCCO2)CC1. The monoisotopic (exact) mass is 199 g/mol. The largest absolute Gasteiger partial charge is 0.375 e. The van der Waals surface area contributed by atoms with Gasteiger partial charge in [0.25, 0.3) is 0 Å². The number of ether oxygens (including phenoxy) is 1. The lowest BCUT2D eigenvalue weighted by atomic mass is 9.80. The summed E-state index contributed by atoms with van der Waals surface area (Å²) in [6.07, 6.45) is 7.75. The Kier molecular flexibility index (Phi) is 4.90. The molecule has 0 aromatic heterocycles. The van der Waals surface area contributed by atoms with Crippen molar-refractivity contribution < 1.29 is 4.74 Å². The van der Waals surface area contributed by atoms with Gasteiger partial charge in [-0.15, -0.1) is 0 Å². The van der Waals surface area contributed by atoms with Crippen LogP contribution in [0, 0.1) is 0 Å². The van der Waals surface area contributed by atoms with Crippen LogP contribution in [0.1, 0.15) is 52.4 Å². The van der Waals surface area contributed by atoms with E-state index < -0.39 is 0 Å². The Morgan fingerprint density at radius 3 is 2.21 bits per heavy atom. The van der Waals surface area contributed by atoms with Crippen molar-refractivity contribution in [2.75, 3.05) is 13.7 Å². The van der Waals surface area contributed by atoms with E-state index in [1.807, 2.05) is 13.8 Å². The Labute approximate surface area is 88.4 Å². The van der Waals surface area contributed by atoms with Crippen LogP contribution in [0.3, 0.4) is 0 Å². The van der Waals surface area contributed by atoms with Crippen LogP contribution in [-0.4, -0.2) is 25.3 Å². The zero-order valence-electron chi connectivity index (χ0n) is 9.94. The van der Waals surface area contributed by atoms with Gasteiger partial charge in [0, 0.05) is 12.6 Å². The van der Waals surface area contributed by atoms with Crippen LogP contribution in [0.4, 0.5) is 0 Å². The zero-order valence-corrected chi connectivity index (χ0v) is 9.94. The molecule has 2 aliphatic rings. The predicted molar refractivity (Wildman–Crippen MR) is 60.6 cm³/mol. The van der Waals surface area contributed by atoms with E-state index in [9.17, 15) is 0 Å². The van der Waals surface area contributed by atoms with Gasteiger partial charge in [0.05, 0.1) is 5.60 Å². The van der Waals surface area contributed by atoms with Crippen molar-refractivity contribution in [1.82, 2.24) is 5.32 Å². The molecule has 0 radical (unpaired) electrons. The standard InChI is InChI=1S/C10H19NO.C2H6/c1-11-9-3-6-10(7-4-9)5-2-8-12-10;1-2/h9,11H,2-8H2,1H3;1-2H3. The minimum atomic E-state index is 0.313. The quantitative estimate of drug-likeness (QED) is 0.701. The lowest BCUT2D eigenvalue weighted by Crippen LogP contribution is -2.39. The molecule has 0 bridgehead atoms. The van der Waals surface area contributed by atoms with Crippen LogP contribution in [0.2, 0.25) is 0 Å². The fourth-order valence-corrected chi connectivity index (χ4v) is 2.58. The van der Waals surface area contributed by atoms with Crippen molar-refractivity contribution in [3.05, 3.63) is 0 Å². The normalized spacial score (nSPS) is 36.6. The molecule has 1 aliphatic carbocycles. The predicted octanol–water partition coefficient (Wildman–Crippen LogP) is 2.72. The van der Waals surface area contributed by atoms with E-state index >= 15 is 0 Å². The van der Waals surface area contributed by atoms with E-state index in [0.29, 0.717) is 5.60 Å². The molecule has 14 heavy (non-hydrogen) atoms. The van der Waals surface area contributed by atoms with Gasteiger partial charge in [-0.05, 0) is 45.6 Å². The topological polar surface area (TPSA) is 21.3 Å². The highest BCUT2D eigenvalue weighted by atomic mass is 16.5. The summed E-state index contributed by atoms with van der Waals surface area (Å²) in [7, 11) is 2.07. The molecule has 0 unspecified atom stereocenters. The number of hydrogen-bond acceptors (Lipinski definition) is 2. The molecular weight excluding hydrogens is 174 g/mol. The Hall–Kier alpha value is -0.0800. The maximum absolute atomic E-state index is 5.85. The average molecular weight is 199 g/mol. The molecule has 0 atom stereocenters. The van der Waals surface area contributed by atoms with Crippen LogP contribution >= 0.6 is 0 Å². The molecule has 1 spiro atoms. The first kappa shape index (κ1) is 12.0. The van der Waals surface area contributed by atoms with Crippen LogP contribution in [0.25, 0.3) is 0 Å². The molecule has 84 valence electrons. The summed E-state index contributed by atoms with van der Waals surface area (Å²) in [6.45, 7) is 5.00. The Morgan fingerprint density at radius 2 is 1.79 bits per heavy atom. The maximum atomic E-state index is 5.85. The zero-order chi connectivity index (χ0) is 10.4. The molecule has 1 saturated heterocycles. The molecule has 1 N–H and O–H groups in total. The minimum Gasteiger partial charge on any atom is -0.375 e. The Morgan fingerprint density at radius 1 is 1.14 bits per heavy atom. The lowest BCUT2D eigenvalue weighted by Gasteiger charge is -2.36. The summed E-state index contributed by atoms with van der Waals surface area (Å²) in [5.74, 6) is 0. The number of rotatable bonds is 1. The van der Waals surface area contributed by atoms with Gasteiger partial charge < -0.3 is 10.1 Å². The third-order valence-electron chi connectivity index (χ3n) is 3.49. The third-order valence-corrected chi connectivity index (χ3v) is 3.49. The van der Waals surface area contributed by atoms with Gasteiger partial charge in [-0.1, -0.05) is 13.8 Å². The lowest BCUT2D eigenvalue weighted by molar-refractivity contribution is -0.0295. The van der Waals surface area contributed by atoms with Crippen molar-refractivity contribution >= 4 is 0 Å². The second-order valence-electron chi connectivity index (χ2n) is 4.20. The van der Waals surface area contributed by atoms with E-state index in [2.05, 4.69) is 12.4 Å². The molecule has 2 fully saturated rings. The van der Waals surface area contributed by atoms with Crippen LogP contribution in [0.5, 0.6) is 0 Å². The molecule has 1 aliphatic heterocycles. The molecule has 1 saturated carbocycles. The van der Waals surface area contributed by atoms with Crippen LogP contribution in [-0.2, 0) is 4.74 Å². The molecular formula is C12H25NO. The Bertz CT molecular complexity index is 142. The number of nitrogens with one attached hydrogen (secondary N) is 1. The highest BCUT2D eigenvalue weighted by molar-refractivity contribution is 4.91. The molecule has 2 nitrogen and oxygen atoms in total. The van der Waals surface area contributed by atoms with E-state index in [1.165, 1.54) is 38.5 Å². The van der Waals surface area contributed by atoms with Crippen molar-refractivity contribution in [2.24, 2.45) is 0 Å². The highest BCUT2D eigenvalue weighted by Gasteiger charge is 2.38. The van der Waals surface area contributed by atoms with E-state index in [1.54, 1.807) is 0 Å². The van der Waals surface area contributed by atoms with Gasteiger partial charge >= 0.3 is 0 Å². The van der Waals surface area contributed by atoms with Gasteiger partial charge in [-0.25, -0.2) is 0 Å². The summed E-state index contributed by atoms with van der Waals surface area (Å²) in [6, 6.07) is 0.750. The van der Waals surface area contributed by atoms with Crippen molar-refractivity contribution in [1.29, 1.82) is 0 Å². The summed E-state index contributed by atoms with van der Waals surface area (Å²) in [5, 5.41) is 3.35. The fourth-order valence-electron chi connectivity index (χ4n) is 2.58.